The number of nitrogens with zero attached hydrogens (tertiary/aromatic N) is 1. The molecule has 2 aromatic rings. The highest BCUT2D eigenvalue weighted by Crippen LogP contribution is 2.35. The zero-order chi connectivity index (χ0) is 15.5. The first kappa shape index (κ1) is 16.4. The maximum absolute atomic E-state index is 12.7. The van der Waals surface area contributed by atoms with E-state index in [0.29, 0.717) is 23.5 Å². The molecule has 1 aromatic carbocycles. The first-order valence-corrected chi connectivity index (χ1v) is 8.93. The summed E-state index contributed by atoms with van der Waals surface area (Å²) in [4.78, 5) is 0.684. The van der Waals surface area contributed by atoms with Gasteiger partial charge in [0.2, 0.25) is 10.0 Å². The molecule has 0 atom stereocenters. The van der Waals surface area contributed by atoms with Gasteiger partial charge in [0.05, 0.1) is 18.1 Å². The quantitative estimate of drug-likeness (QED) is 0.790. The Balaban J connectivity index is 2.43. The van der Waals surface area contributed by atoms with E-state index in [1.54, 1.807) is 12.1 Å². The molecule has 0 aliphatic carbocycles. The molecular weight excluding hydrogens is 310 g/mol. The zero-order valence-corrected chi connectivity index (χ0v) is 13.7. The molecule has 1 aromatic heterocycles. The number of aliphatic hydroxyl groups excluding tert-OH is 1. The number of fused-ring (bicyclic) bond motifs is 1. The minimum Gasteiger partial charge on any atom is -0.391 e. The molecule has 0 aliphatic heterocycles. The van der Waals surface area contributed by atoms with Gasteiger partial charge in [0.1, 0.15) is 4.90 Å². The summed E-state index contributed by atoms with van der Waals surface area (Å²) in [6.45, 7) is 2.77. The Morgan fingerprint density at radius 2 is 2.05 bits per heavy atom. The summed E-state index contributed by atoms with van der Waals surface area (Å²) in [7, 11) is -2.11. The van der Waals surface area contributed by atoms with Crippen molar-refractivity contribution in [3.63, 3.8) is 0 Å². The van der Waals surface area contributed by atoms with Crippen LogP contribution in [0.5, 0.6) is 0 Å². The Kier molecular flexibility index (Phi) is 5.34. The number of ether oxygens (including phenoxy) is 1. The minimum absolute atomic E-state index is 0.213. The maximum atomic E-state index is 12.7. The lowest BCUT2D eigenvalue weighted by Crippen LogP contribution is -2.30. The molecule has 2 rings (SSSR count). The fourth-order valence-electron chi connectivity index (χ4n) is 2.07. The van der Waals surface area contributed by atoms with Gasteiger partial charge in [0.15, 0.2) is 0 Å². The average Bonchev–Trinajstić information content (AvgIpc) is 2.86. The predicted octanol–water partition coefficient (Wildman–Crippen LogP) is 2.05. The summed E-state index contributed by atoms with van der Waals surface area (Å²) < 4.78 is 32.8. The molecule has 116 valence electrons. The van der Waals surface area contributed by atoms with E-state index in [9.17, 15) is 13.5 Å². The van der Waals surface area contributed by atoms with Crippen LogP contribution in [0.2, 0.25) is 0 Å². The lowest BCUT2D eigenvalue weighted by atomic mass is 10.2. The Bertz CT molecular complexity index is 709. The van der Waals surface area contributed by atoms with Gasteiger partial charge in [0.25, 0.3) is 0 Å². The zero-order valence-electron chi connectivity index (χ0n) is 12.1. The highest BCUT2D eigenvalue weighted by molar-refractivity contribution is 7.89. The van der Waals surface area contributed by atoms with Crippen molar-refractivity contribution in [1.82, 2.24) is 4.31 Å². The van der Waals surface area contributed by atoms with E-state index in [1.165, 1.54) is 22.7 Å². The molecule has 5 nitrogen and oxygen atoms in total. The molecule has 0 fully saturated rings. The van der Waals surface area contributed by atoms with E-state index in [4.69, 9.17) is 4.74 Å². The summed E-state index contributed by atoms with van der Waals surface area (Å²) in [6.07, 6.45) is 0. The number of benzene rings is 1. The van der Waals surface area contributed by atoms with E-state index >= 15 is 0 Å². The van der Waals surface area contributed by atoms with Gasteiger partial charge in [-0.2, -0.15) is 4.31 Å². The van der Waals surface area contributed by atoms with Crippen LogP contribution in [-0.4, -0.2) is 44.6 Å². The van der Waals surface area contributed by atoms with Gasteiger partial charge in [-0.1, -0.05) is 18.2 Å². The van der Waals surface area contributed by atoms with Crippen LogP contribution in [-0.2, 0) is 21.4 Å². The second kappa shape index (κ2) is 6.85. The van der Waals surface area contributed by atoms with Gasteiger partial charge in [-0.25, -0.2) is 8.42 Å². The molecule has 0 saturated heterocycles. The number of likely N-dealkylation sites (N-methyl/N-ethyl adjacent to an activating group) is 1. The normalized spacial score (nSPS) is 12.4. The van der Waals surface area contributed by atoms with Crippen molar-refractivity contribution in [2.24, 2.45) is 0 Å². The van der Waals surface area contributed by atoms with E-state index < -0.39 is 10.0 Å². The SMILES string of the molecule is CCOCCN(C)S(=O)(=O)c1c(CO)sc2ccccc12. The largest absolute Gasteiger partial charge is 0.391 e. The highest BCUT2D eigenvalue weighted by atomic mass is 32.2. The number of hydrogen-bond acceptors (Lipinski definition) is 5. The number of rotatable bonds is 7. The summed E-state index contributed by atoms with van der Waals surface area (Å²) in [6, 6.07) is 7.29. The highest BCUT2D eigenvalue weighted by Gasteiger charge is 2.27. The Hall–Kier alpha value is -0.990. The molecule has 0 saturated carbocycles. The summed E-state index contributed by atoms with van der Waals surface area (Å²) in [5.74, 6) is 0. The van der Waals surface area contributed by atoms with Crippen molar-refractivity contribution in [2.75, 3.05) is 26.8 Å². The summed E-state index contributed by atoms with van der Waals surface area (Å²) in [5.41, 5.74) is 0. The number of aliphatic hydroxyl groups is 1. The second-order valence-electron chi connectivity index (χ2n) is 4.53. The van der Waals surface area contributed by atoms with Gasteiger partial charge in [0, 0.05) is 30.3 Å². The fraction of sp³-hybridized carbons (Fsp3) is 0.429. The Labute approximate surface area is 128 Å². The standard InChI is InChI=1S/C14H19NO4S2/c1-3-19-9-8-15(2)21(17,18)14-11-6-4-5-7-12(11)20-13(14)10-16/h4-7,16H,3,8-10H2,1-2H3. The average molecular weight is 329 g/mol. The molecular formula is C14H19NO4S2. The molecule has 0 radical (unpaired) electrons. The number of hydrogen-bond donors (Lipinski definition) is 1. The molecule has 21 heavy (non-hydrogen) atoms. The van der Waals surface area contributed by atoms with Crippen LogP contribution >= 0.6 is 11.3 Å². The maximum Gasteiger partial charge on any atom is 0.244 e. The van der Waals surface area contributed by atoms with Crippen molar-refractivity contribution < 1.29 is 18.3 Å². The van der Waals surface area contributed by atoms with E-state index in [2.05, 4.69) is 0 Å². The van der Waals surface area contributed by atoms with Crippen LogP contribution < -0.4 is 0 Å². The third kappa shape index (κ3) is 3.27. The van der Waals surface area contributed by atoms with E-state index in [-0.39, 0.29) is 18.0 Å². The molecule has 1 N–H and O–H groups in total. The second-order valence-corrected chi connectivity index (χ2v) is 7.65. The van der Waals surface area contributed by atoms with Crippen molar-refractivity contribution in [3.05, 3.63) is 29.1 Å². The predicted molar refractivity (Wildman–Crippen MR) is 84.1 cm³/mol. The lowest BCUT2D eigenvalue weighted by Gasteiger charge is -2.17. The molecule has 0 unspecified atom stereocenters. The fourth-order valence-corrected chi connectivity index (χ4v) is 4.97. The molecule has 1 heterocycles. The van der Waals surface area contributed by atoms with Crippen LogP contribution in [0.1, 0.15) is 11.8 Å². The van der Waals surface area contributed by atoms with Crippen molar-refractivity contribution in [3.8, 4) is 0 Å². The first-order valence-electron chi connectivity index (χ1n) is 6.67. The third-order valence-corrected chi connectivity index (χ3v) is 6.45. The minimum atomic E-state index is -3.64. The van der Waals surface area contributed by atoms with Gasteiger partial charge >= 0.3 is 0 Å². The molecule has 0 bridgehead atoms. The van der Waals surface area contributed by atoms with Gasteiger partial charge in [-0.3, -0.25) is 0 Å². The molecule has 0 spiro atoms. The first-order chi connectivity index (χ1) is 10.0. The van der Waals surface area contributed by atoms with Crippen molar-refractivity contribution >= 4 is 31.4 Å². The third-order valence-electron chi connectivity index (χ3n) is 3.18. The smallest absolute Gasteiger partial charge is 0.244 e. The lowest BCUT2D eigenvalue weighted by molar-refractivity contribution is 0.138. The summed E-state index contributed by atoms with van der Waals surface area (Å²) >= 11 is 1.31. The Morgan fingerprint density at radius 3 is 2.71 bits per heavy atom. The van der Waals surface area contributed by atoms with E-state index in [1.807, 2.05) is 19.1 Å². The van der Waals surface area contributed by atoms with Crippen LogP contribution in [0.15, 0.2) is 29.2 Å². The molecule has 7 heteroatoms. The molecule has 0 aliphatic rings. The van der Waals surface area contributed by atoms with Crippen LogP contribution in [0.3, 0.4) is 0 Å². The van der Waals surface area contributed by atoms with Gasteiger partial charge < -0.3 is 9.84 Å². The van der Waals surface area contributed by atoms with Crippen molar-refractivity contribution in [2.45, 2.75) is 18.4 Å². The topological polar surface area (TPSA) is 66.8 Å². The number of thiophene rings is 1. The Morgan fingerprint density at radius 1 is 1.33 bits per heavy atom. The van der Waals surface area contributed by atoms with Gasteiger partial charge in [-0.05, 0) is 13.0 Å². The molecule has 0 amide bonds. The van der Waals surface area contributed by atoms with Crippen LogP contribution in [0, 0.1) is 0 Å². The van der Waals surface area contributed by atoms with Crippen LogP contribution in [0.4, 0.5) is 0 Å². The monoisotopic (exact) mass is 329 g/mol. The van der Waals surface area contributed by atoms with Crippen LogP contribution in [0.25, 0.3) is 10.1 Å². The summed E-state index contributed by atoms with van der Waals surface area (Å²) in [5, 5.41) is 10.1. The van der Waals surface area contributed by atoms with Gasteiger partial charge in [-0.15, -0.1) is 11.3 Å². The van der Waals surface area contributed by atoms with Crippen molar-refractivity contribution in [1.29, 1.82) is 0 Å². The van der Waals surface area contributed by atoms with E-state index in [0.717, 1.165) is 4.70 Å². The number of sulfonamides is 1.